The molecule has 4 aromatic rings. The third kappa shape index (κ3) is 6.89. The zero-order valence-corrected chi connectivity index (χ0v) is 21.9. The first kappa shape index (κ1) is 28.8. The van der Waals surface area contributed by atoms with Crippen LogP contribution in [0.15, 0.2) is 79.0 Å². The number of aromatic nitrogens is 2. The number of fused-ring (bicyclic) bond motifs is 1. The number of nitrogens with two attached hydrogens (primary N) is 1. The molecule has 5 heteroatoms. The Kier molecular flexibility index (Phi) is 13.2. The third-order valence-electron chi connectivity index (χ3n) is 4.73. The first-order valence-corrected chi connectivity index (χ1v) is 12.3. The molecule has 0 radical (unpaired) electrons. The Morgan fingerprint density at radius 2 is 1.53 bits per heavy atom. The van der Waals surface area contributed by atoms with Crippen LogP contribution < -0.4 is 11.2 Å². The molecule has 0 unspecified atom stereocenters. The number of allylic oxidation sites excluding steroid dienone is 1. The van der Waals surface area contributed by atoms with Crippen LogP contribution in [0.2, 0.25) is 0 Å². The molecule has 0 saturated carbocycles. The predicted molar refractivity (Wildman–Crippen MR) is 150 cm³/mol. The molecule has 0 atom stereocenters. The molecular weight excluding hydrogens is 440 g/mol. The van der Waals surface area contributed by atoms with Crippen molar-refractivity contribution in [1.82, 2.24) is 9.55 Å². The van der Waals surface area contributed by atoms with Crippen molar-refractivity contribution >= 4 is 28.7 Å². The number of hydrogen-bond donors (Lipinski definition) is 2. The number of halogens is 1. The van der Waals surface area contributed by atoms with Gasteiger partial charge in [-0.3, -0.25) is 5.41 Å². The summed E-state index contributed by atoms with van der Waals surface area (Å²) in [5.41, 5.74) is 10.8. The van der Waals surface area contributed by atoms with Gasteiger partial charge in [0.15, 0.2) is 0 Å². The highest BCUT2D eigenvalue weighted by atomic mass is 35.5. The topological polar surface area (TPSA) is 67.7 Å². The molecule has 4 nitrogen and oxygen atoms in total. The van der Waals surface area contributed by atoms with Gasteiger partial charge in [-0.25, -0.2) is 4.98 Å². The number of pyridine rings is 2. The van der Waals surface area contributed by atoms with Crippen LogP contribution in [0.1, 0.15) is 40.2 Å². The molecule has 0 amide bonds. The molecule has 2 aromatic carbocycles. The lowest BCUT2D eigenvalue weighted by molar-refractivity contribution is 0.994. The Morgan fingerprint density at radius 1 is 0.912 bits per heavy atom. The monoisotopic (exact) mass is 476 g/mol. The van der Waals surface area contributed by atoms with Crippen molar-refractivity contribution in [1.29, 1.82) is 5.41 Å². The van der Waals surface area contributed by atoms with E-state index in [-0.39, 0.29) is 0 Å². The van der Waals surface area contributed by atoms with Crippen molar-refractivity contribution in [2.75, 3.05) is 7.05 Å². The lowest BCUT2D eigenvalue weighted by Crippen LogP contribution is -2.15. The van der Waals surface area contributed by atoms with Crippen molar-refractivity contribution in [2.24, 2.45) is 5.73 Å². The molecule has 0 fully saturated rings. The normalized spacial score (nSPS) is 9.88. The minimum atomic E-state index is 0.421. The van der Waals surface area contributed by atoms with Gasteiger partial charge >= 0.3 is 0 Å². The van der Waals surface area contributed by atoms with Crippen molar-refractivity contribution in [3.8, 4) is 22.4 Å². The first-order valence-electron chi connectivity index (χ1n) is 11.7. The number of rotatable bonds is 4. The molecule has 2 aromatic heterocycles. The lowest BCUT2D eigenvalue weighted by atomic mass is 9.97. The van der Waals surface area contributed by atoms with E-state index in [9.17, 15) is 0 Å². The second kappa shape index (κ2) is 15.6. The minimum absolute atomic E-state index is 0.421. The fourth-order valence-electron chi connectivity index (χ4n) is 3.30. The van der Waals surface area contributed by atoms with E-state index in [0.29, 0.717) is 11.4 Å². The number of nitrogens with one attached hydrogen (secondary N) is 1. The molecule has 0 bridgehead atoms. The van der Waals surface area contributed by atoms with Crippen molar-refractivity contribution in [3.63, 3.8) is 0 Å². The molecular formula is C29H37ClN4. The van der Waals surface area contributed by atoms with Gasteiger partial charge in [0.2, 0.25) is 0 Å². The van der Waals surface area contributed by atoms with Crippen LogP contribution in [0.4, 0.5) is 0 Å². The van der Waals surface area contributed by atoms with Gasteiger partial charge in [0.25, 0.3) is 0 Å². The summed E-state index contributed by atoms with van der Waals surface area (Å²) in [7, 11) is 1.50. The van der Waals surface area contributed by atoms with Crippen LogP contribution >= 0.6 is 11.6 Å². The van der Waals surface area contributed by atoms with Gasteiger partial charge in [-0.15, -0.1) is 11.6 Å². The lowest BCUT2D eigenvalue weighted by Gasteiger charge is -2.13. The Morgan fingerprint density at radius 3 is 2.09 bits per heavy atom. The number of hydrogen-bond acceptors (Lipinski definition) is 3. The van der Waals surface area contributed by atoms with Crippen LogP contribution in [0, 0.1) is 5.41 Å². The van der Waals surface area contributed by atoms with E-state index < -0.39 is 0 Å². The highest BCUT2D eigenvalue weighted by Crippen LogP contribution is 2.32. The second-order valence-electron chi connectivity index (χ2n) is 6.57. The fraction of sp³-hybridized carbons (Fsp3) is 0.241. The van der Waals surface area contributed by atoms with E-state index in [1.165, 1.54) is 7.05 Å². The molecule has 3 N–H and O–H groups in total. The summed E-state index contributed by atoms with van der Waals surface area (Å²) in [5.74, 6) is 0.490. The minimum Gasteiger partial charge on any atom is -0.333 e. The summed E-state index contributed by atoms with van der Waals surface area (Å²) in [5, 5.41) is 9.41. The smallest absolute Gasteiger partial charge is 0.138 e. The summed E-state index contributed by atoms with van der Waals surface area (Å²) in [4.78, 5) is 4.95. The Bertz CT molecular complexity index is 1210. The van der Waals surface area contributed by atoms with Gasteiger partial charge in [-0.2, -0.15) is 0 Å². The van der Waals surface area contributed by atoms with Crippen molar-refractivity contribution in [3.05, 3.63) is 90.1 Å². The van der Waals surface area contributed by atoms with Gasteiger partial charge in [0.05, 0.1) is 11.2 Å². The van der Waals surface area contributed by atoms with Crippen LogP contribution in [0.25, 0.3) is 39.5 Å². The molecule has 34 heavy (non-hydrogen) atoms. The highest BCUT2D eigenvalue weighted by Gasteiger charge is 2.13. The first-order chi connectivity index (χ1) is 16.7. The Balaban J connectivity index is 0.000000894. The molecule has 2 heterocycles. The van der Waals surface area contributed by atoms with Gasteiger partial charge in [0.1, 0.15) is 5.49 Å². The van der Waals surface area contributed by atoms with Crippen LogP contribution in [-0.4, -0.2) is 16.6 Å². The molecule has 180 valence electrons. The molecule has 0 aliphatic carbocycles. The number of alkyl halides is 1. The van der Waals surface area contributed by atoms with E-state index in [1.54, 1.807) is 4.57 Å². The number of benzene rings is 2. The van der Waals surface area contributed by atoms with E-state index >= 15 is 0 Å². The van der Waals surface area contributed by atoms with E-state index in [1.807, 2.05) is 89.5 Å². The molecule has 4 rings (SSSR count). The fourth-order valence-corrected chi connectivity index (χ4v) is 3.48. The molecule has 0 aliphatic heterocycles. The van der Waals surface area contributed by atoms with E-state index in [4.69, 9.17) is 22.0 Å². The zero-order chi connectivity index (χ0) is 25.5. The standard InChI is InChI=1S/C24H20ClN3.2C2H6.CH5N/c1-2-13-28-14-12-22-21(24(28)26)15-20(18-6-4-3-5-7-18)23(27-22)19-10-8-17(16-25)9-11-19;3*1-2/h2-15,26H,16H2,1H3;2*1-2H3;2H2,1H3/b13-2-,26-24?;;;. The maximum absolute atomic E-state index is 8.59. The highest BCUT2D eigenvalue weighted by molar-refractivity contribution is 6.17. The van der Waals surface area contributed by atoms with E-state index in [0.717, 1.165) is 38.9 Å². The predicted octanol–water partition coefficient (Wildman–Crippen LogP) is 7.71. The summed E-state index contributed by atoms with van der Waals surface area (Å²) in [6, 6.07) is 22.4. The maximum atomic E-state index is 8.59. The van der Waals surface area contributed by atoms with Gasteiger partial charge < -0.3 is 10.3 Å². The van der Waals surface area contributed by atoms with Crippen LogP contribution in [0.3, 0.4) is 0 Å². The maximum Gasteiger partial charge on any atom is 0.138 e. The third-order valence-corrected chi connectivity index (χ3v) is 5.04. The van der Waals surface area contributed by atoms with Crippen LogP contribution in [-0.2, 0) is 5.88 Å². The van der Waals surface area contributed by atoms with Crippen molar-refractivity contribution in [2.45, 2.75) is 40.5 Å². The molecule has 0 saturated heterocycles. The van der Waals surface area contributed by atoms with Crippen LogP contribution in [0.5, 0.6) is 0 Å². The molecule has 0 spiro atoms. The van der Waals surface area contributed by atoms with Crippen molar-refractivity contribution < 1.29 is 0 Å². The van der Waals surface area contributed by atoms with Gasteiger partial charge in [-0.05, 0) is 37.2 Å². The second-order valence-corrected chi connectivity index (χ2v) is 6.84. The summed E-state index contributed by atoms with van der Waals surface area (Å²) in [6.45, 7) is 9.94. The largest absolute Gasteiger partial charge is 0.333 e. The SMILES string of the molecule is C/C=C\n1ccc2nc(-c3ccc(CCl)cc3)c(-c3ccccc3)cc2c1=N.CC.CC.CN. The number of nitrogens with zero attached hydrogens (tertiary/aromatic N) is 2. The summed E-state index contributed by atoms with van der Waals surface area (Å²) in [6.07, 6.45) is 5.67. The summed E-state index contributed by atoms with van der Waals surface area (Å²) < 4.78 is 1.80. The summed E-state index contributed by atoms with van der Waals surface area (Å²) >= 11 is 5.94. The quantitative estimate of drug-likeness (QED) is 0.296. The zero-order valence-electron chi connectivity index (χ0n) is 21.1. The van der Waals surface area contributed by atoms with Gasteiger partial charge in [0, 0.05) is 34.8 Å². The Hall–Kier alpha value is -3.21. The average Bonchev–Trinajstić information content (AvgIpc) is 2.94. The Labute approximate surface area is 209 Å². The van der Waals surface area contributed by atoms with Gasteiger partial charge in [-0.1, -0.05) is 88.4 Å². The molecule has 0 aliphatic rings. The van der Waals surface area contributed by atoms with E-state index in [2.05, 4.69) is 36.1 Å². The average molecular weight is 477 g/mol.